The van der Waals surface area contributed by atoms with Gasteiger partial charge < -0.3 is 14.5 Å². The van der Waals surface area contributed by atoms with E-state index in [0.717, 1.165) is 10.9 Å². The van der Waals surface area contributed by atoms with Crippen molar-refractivity contribution in [2.45, 2.75) is 81.9 Å². The third-order valence-electron chi connectivity index (χ3n) is 7.26. The number of halogens is 1. The summed E-state index contributed by atoms with van der Waals surface area (Å²) in [5.74, 6) is 0.494. The van der Waals surface area contributed by atoms with Gasteiger partial charge in [-0.3, -0.25) is 9.69 Å². The summed E-state index contributed by atoms with van der Waals surface area (Å²) in [7, 11) is -3.45. The molecule has 8 nitrogen and oxygen atoms in total. The lowest BCUT2D eigenvalue weighted by molar-refractivity contribution is -0.0266. The number of hydrogen-bond donors (Lipinski definition) is 1. The van der Waals surface area contributed by atoms with Crippen LogP contribution in [0, 0.1) is 0 Å². The molecule has 0 bridgehead atoms. The van der Waals surface area contributed by atoms with Crippen molar-refractivity contribution in [3.8, 4) is 5.75 Å². The fraction of sp³-hybridized carbons (Fsp3) is 0.467. The van der Waals surface area contributed by atoms with Crippen molar-refractivity contribution in [2.24, 2.45) is 0 Å². The molecule has 0 saturated heterocycles. The maximum atomic E-state index is 13.6. The number of nitrogens with one attached hydrogen (secondary N) is 1. The first-order valence-corrected chi connectivity index (χ1v) is 15.8. The Balaban J connectivity index is 1.69. The van der Waals surface area contributed by atoms with E-state index in [9.17, 15) is 18.0 Å². The molecular formula is C30H37ClN2O6S. The largest absolute Gasteiger partial charge is 0.489 e. The SMILES string of the molecule is CCCN(C(=O)OC(C)(C)C)C1(c2cccc(S(C)(=O)=O)c2)CCC(Oc2cc3cc[nH]c(=O)c3cc2Cl)CC1. The maximum absolute atomic E-state index is 13.6. The van der Waals surface area contributed by atoms with Crippen molar-refractivity contribution < 1.29 is 22.7 Å². The van der Waals surface area contributed by atoms with Gasteiger partial charge in [0.1, 0.15) is 11.4 Å². The van der Waals surface area contributed by atoms with Gasteiger partial charge in [-0.15, -0.1) is 0 Å². The molecule has 1 aliphatic rings. The zero-order chi connectivity index (χ0) is 29.3. The maximum Gasteiger partial charge on any atom is 0.411 e. The first-order chi connectivity index (χ1) is 18.7. The van der Waals surface area contributed by atoms with Crippen molar-refractivity contribution in [3.05, 3.63) is 69.6 Å². The van der Waals surface area contributed by atoms with Crippen LogP contribution < -0.4 is 10.3 Å². The molecule has 2 aromatic carbocycles. The molecule has 1 saturated carbocycles. The van der Waals surface area contributed by atoms with E-state index in [-0.39, 0.29) is 16.6 Å². The van der Waals surface area contributed by atoms with E-state index in [1.807, 2.05) is 33.8 Å². The zero-order valence-corrected chi connectivity index (χ0v) is 25.2. The first-order valence-electron chi connectivity index (χ1n) is 13.5. The van der Waals surface area contributed by atoms with Gasteiger partial charge in [0.2, 0.25) is 0 Å². The molecule has 0 unspecified atom stereocenters. The number of nitrogens with zero attached hydrogens (tertiary/aromatic N) is 1. The number of carbonyl (C=O) groups is 1. The van der Waals surface area contributed by atoms with Gasteiger partial charge in [0.15, 0.2) is 9.84 Å². The number of fused-ring (bicyclic) bond motifs is 1. The number of rotatable bonds is 7. The quantitative estimate of drug-likeness (QED) is 0.340. The van der Waals surface area contributed by atoms with Gasteiger partial charge in [-0.2, -0.15) is 0 Å². The topological polar surface area (TPSA) is 106 Å². The summed E-state index contributed by atoms with van der Waals surface area (Å²) in [5.41, 5.74) is -0.924. The molecule has 0 radical (unpaired) electrons. The molecule has 1 aromatic heterocycles. The lowest BCUT2D eigenvalue weighted by atomic mass is 9.74. The third kappa shape index (κ3) is 6.47. The third-order valence-corrected chi connectivity index (χ3v) is 8.66. The number of hydrogen-bond acceptors (Lipinski definition) is 6. The lowest BCUT2D eigenvalue weighted by Crippen LogP contribution is -2.54. The highest BCUT2D eigenvalue weighted by Crippen LogP contribution is 2.45. The van der Waals surface area contributed by atoms with Crippen molar-refractivity contribution >= 4 is 38.3 Å². The molecule has 1 aliphatic carbocycles. The van der Waals surface area contributed by atoms with E-state index in [1.165, 1.54) is 6.26 Å². The van der Waals surface area contributed by atoms with E-state index in [2.05, 4.69) is 4.98 Å². The van der Waals surface area contributed by atoms with Crippen LogP contribution in [0.1, 0.15) is 65.4 Å². The Morgan fingerprint density at radius 2 is 1.85 bits per heavy atom. The molecule has 10 heteroatoms. The van der Waals surface area contributed by atoms with Gasteiger partial charge >= 0.3 is 6.09 Å². The van der Waals surface area contributed by atoms with Crippen LogP contribution in [-0.4, -0.2) is 48.9 Å². The standard InChI is InChI=1S/C30H37ClN2O6S/c1-6-16-33(28(35)39-29(2,3)4)30(21-8-7-9-23(18-21)40(5,36)37)13-10-22(11-14-30)38-26-17-20-12-15-32-27(34)24(20)19-25(26)31/h7-9,12,15,17-19,22H,6,10-11,13-14,16H2,1-5H3,(H,32,34). The fourth-order valence-corrected chi connectivity index (χ4v) is 6.27. The van der Waals surface area contributed by atoms with Gasteiger partial charge in [-0.05, 0) is 94.2 Å². The minimum atomic E-state index is -3.45. The van der Waals surface area contributed by atoms with Crippen LogP contribution >= 0.6 is 11.6 Å². The van der Waals surface area contributed by atoms with Crippen molar-refractivity contribution in [1.82, 2.24) is 9.88 Å². The van der Waals surface area contributed by atoms with Crippen LogP contribution in [0.4, 0.5) is 4.79 Å². The molecule has 1 heterocycles. The van der Waals surface area contributed by atoms with Crippen LogP contribution in [0.3, 0.4) is 0 Å². The van der Waals surface area contributed by atoms with E-state index in [1.54, 1.807) is 47.5 Å². The Kier molecular flexibility index (Phi) is 8.57. The van der Waals surface area contributed by atoms with Crippen LogP contribution in [0.25, 0.3) is 10.8 Å². The average Bonchev–Trinajstić information content (AvgIpc) is 2.87. The van der Waals surface area contributed by atoms with Crippen molar-refractivity contribution in [2.75, 3.05) is 12.8 Å². The summed E-state index contributed by atoms with van der Waals surface area (Å²) in [4.78, 5) is 30.4. The second kappa shape index (κ2) is 11.4. The Hall–Kier alpha value is -3.04. The predicted octanol–water partition coefficient (Wildman–Crippen LogP) is 6.45. The highest BCUT2D eigenvalue weighted by Gasteiger charge is 2.46. The summed E-state index contributed by atoms with van der Waals surface area (Å²) in [6.45, 7) is 7.95. The van der Waals surface area contributed by atoms with Crippen molar-refractivity contribution in [3.63, 3.8) is 0 Å². The minimum Gasteiger partial charge on any atom is -0.489 e. The Morgan fingerprint density at radius 1 is 1.15 bits per heavy atom. The summed E-state index contributed by atoms with van der Waals surface area (Å²) in [6.07, 6.45) is 5.11. The summed E-state index contributed by atoms with van der Waals surface area (Å²) in [6, 6.07) is 12.1. The number of amides is 1. The van der Waals surface area contributed by atoms with Gasteiger partial charge in [-0.25, -0.2) is 13.2 Å². The van der Waals surface area contributed by atoms with E-state index >= 15 is 0 Å². The molecule has 0 spiro atoms. The lowest BCUT2D eigenvalue weighted by Gasteiger charge is -2.48. The molecule has 216 valence electrons. The number of ether oxygens (including phenoxy) is 2. The van der Waals surface area contributed by atoms with Gasteiger partial charge in [0, 0.05) is 24.4 Å². The number of aromatic amines is 1. The van der Waals surface area contributed by atoms with Crippen LogP contribution in [0.2, 0.25) is 5.02 Å². The highest BCUT2D eigenvalue weighted by atomic mass is 35.5. The monoisotopic (exact) mass is 588 g/mol. The Labute approximate surface area is 240 Å². The zero-order valence-electron chi connectivity index (χ0n) is 23.6. The van der Waals surface area contributed by atoms with E-state index in [4.69, 9.17) is 21.1 Å². The second-order valence-corrected chi connectivity index (χ2v) is 13.9. The van der Waals surface area contributed by atoms with Gasteiger partial charge in [0.25, 0.3) is 5.56 Å². The Bertz CT molecular complexity index is 1550. The minimum absolute atomic E-state index is 0.190. The van der Waals surface area contributed by atoms with Gasteiger partial charge in [0.05, 0.1) is 21.6 Å². The predicted molar refractivity (Wildman–Crippen MR) is 157 cm³/mol. The fourth-order valence-electron chi connectivity index (χ4n) is 5.40. The summed E-state index contributed by atoms with van der Waals surface area (Å²) < 4.78 is 37.0. The second-order valence-electron chi connectivity index (χ2n) is 11.5. The normalized spacial score (nSPS) is 19.8. The van der Waals surface area contributed by atoms with Crippen LogP contribution in [0.15, 0.2) is 58.4 Å². The first kappa shape index (κ1) is 29.9. The van der Waals surface area contributed by atoms with Gasteiger partial charge in [-0.1, -0.05) is 30.7 Å². The summed E-state index contributed by atoms with van der Waals surface area (Å²) in [5, 5.41) is 1.56. The molecule has 40 heavy (non-hydrogen) atoms. The average molecular weight is 589 g/mol. The Morgan fingerprint density at radius 3 is 2.48 bits per heavy atom. The van der Waals surface area contributed by atoms with Crippen LogP contribution in [0.5, 0.6) is 5.75 Å². The molecule has 4 rings (SSSR count). The molecule has 0 atom stereocenters. The smallest absolute Gasteiger partial charge is 0.411 e. The number of carbonyl (C=O) groups excluding carboxylic acids is 1. The van der Waals surface area contributed by atoms with E-state index < -0.39 is 27.1 Å². The molecule has 1 amide bonds. The molecular weight excluding hydrogens is 552 g/mol. The highest BCUT2D eigenvalue weighted by molar-refractivity contribution is 7.90. The molecule has 1 fully saturated rings. The number of sulfone groups is 1. The van der Waals surface area contributed by atoms with E-state index in [0.29, 0.717) is 54.8 Å². The van der Waals surface area contributed by atoms with Crippen LogP contribution in [-0.2, 0) is 20.1 Å². The number of H-pyrrole nitrogens is 1. The molecule has 0 aliphatic heterocycles. The number of aromatic nitrogens is 1. The molecule has 1 N–H and O–H groups in total. The number of pyridine rings is 1. The number of benzene rings is 2. The molecule has 3 aromatic rings. The summed E-state index contributed by atoms with van der Waals surface area (Å²) >= 11 is 6.50. The van der Waals surface area contributed by atoms with Crippen molar-refractivity contribution in [1.29, 1.82) is 0 Å².